The first-order valence-electron chi connectivity index (χ1n) is 6.00. The van der Waals surface area contributed by atoms with E-state index >= 15 is 0 Å². The lowest BCUT2D eigenvalue weighted by Crippen LogP contribution is -2.12. The first kappa shape index (κ1) is 14.2. The number of carbonyl (C=O) groups excluding carboxylic acids is 1. The first-order valence-corrected chi connectivity index (χ1v) is 6.00. The maximum atomic E-state index is 13.6. The van der Waals surface area contributed by atoms with E-state index in [-0.39, 0.29) is 23.7 Å². The summed E-state index contributed by atoms with van der Waals surface area (Å²) in [5.41, 5.74) is 1.01. The molecule has 0 saturated heterocycles. The van der Waals surface area contributed by atoms with Crippen LogP contribution in [0.15, 0.2) is 42.5 Å². The third-order valence-corrected chi connectivity index (χ3v) is 2.76. The molecule has 0 saturated carbocycles. The number of benzene rings is 2. The topological polar surface area (TPSA) is 73.9 Å². The number of rotatable bonds is 4. The Morgan fingerprint density at radius 2 is 1.67 bits per heavy atom. The van der Waals surface area contributed by atoms with Crippen molar-refractivity contribution in [1.82, 2.24) is 0 Å². The molecule has 21 heavy (non-hydrogen) atoms. The third kappa shape index (κ3) is 3.43. The van der Waals surface area contributed by atoms with Crippen molar-refractivity contribution < 1.29 is 13.9 Å². The lowest BCUT2D eigenvalue weighted by atomic mass is 10.1. The van der Waals surface area contributed by atoms with Gasteiger partial charge in [-0.15, -0.1) is 0 Å². The second-order valence-electron chi connectivity index (χ2n) is 4.16. The van der Waals surface area contributed by atoms with Gasteiger partial charge in [0.05, 0.1) is 23.3 Å². The molecule has 0 radical (unpaired) electrons. The van der Waals surface area contributed by atoms with Gasteiger partial charge in [0.15, 0.2) is 24.0 Å². The van der Waals surface area contributed by atoms with Crippen molar-refractivity contribution in [2.75, 3.05) is 6.61 Å². The van der Waals surface area contributed by atoms with Gasteiger partial charge >= 0.3 is 0 Å². The minimum Gasteiger partial charge on any atom is -0.482 e. The number of carbonyl (C=O) groups is 1. The Bertz CT molecular complexity index is 755. The van der Waals surface area contributed by atoms with Gasteiger partial charge in [-0.3, -0.25) is 4.79 Å². The summed E-state index contributed by atoms with van der Waals surface area (Å²) in [5.74, 6) is -1.11. The van der Waals surface area contributed by atoms with E-state index in [0.717, 1.165) is 6.07 Å². The molecule has 0 spiro atoms. The fraction of sp³-hybridized carbons (Fsp3) is 0.0625. The minimum absolute atomic E-state index is 0.0870. The molecule has 0 aliphatic carbocycles. The van der Waals surface area contributed by atoms with E-state index in [1.807, 2.05) is 12.1 Å². The molecule has 2 aromatic rings. The normalized spacial score (nSPS) is 9.48. The molecule has 0 unspecified atom stereocenters. The van der Waals surface area contributed by atoms with Crippen molar-refractivity contribution in [2.45, 2.75) is 0 Å². The zero-order chi connectivity index (χ0) is 15.2. The van der Waals surface area contributed by atoms with Crippen molar-refractivity contribution in [3.8, 4) is 17.9 Å². The molecule has 102 valence electrons. The van der Waals surface area contributed by atoms with E-state index < -0.39 is 5.82 Å². The summed E-state index contributed by atoms with van der Waals surface area (Å²) in [6.45, 7) is -0.325. The summed E-state index contributed by atoms with van der Waals surface area (Å²) in [6, 6.07) is 13.6. The Kier molecular flexibility index (Phi) is 4.28. The lowest BCUT2D eigenvalue weighted by molar-refractivity contribution is 0.0919. The Morgan fingerprint density at radius 3 is 2.24 bits per heavy atom. The number of halogens is 1. The number of hydrogen-bond acceptors (Lipinski definition) is 4. The van der Waals surface area contributed by atoms with E-state index in [1.54, 1.807) is 0 Å². The fourth-order valence-electron chi connectivity index (χ4n) is 1.64. The average Bonchev–Trinajstić information content (AvgIpc) is 2.53. The molecule has 0 amide bonds. The quantitative estimate of drug-likeness (QED) is 0.807. The van der Waals surface area contributed by atoms with Gasteiger partial charge in [-0.05, 0) is 42.5 Å². The summed E-state index contributed by atoms with van der Waals surface area (Å²) in [6.07, 6.45) is 0. The molecule has 0 aliphatic heterocycles. The zero-order valence-corrected chi connectivity index (χ0v) is 10.8. The molecule has 0 heterocycles. The number of hydrogen-bond donors (Lipinski definition) is 0. The van der Waals surface area contributed by atoms with E-state index in [4.69, 9.17) is 15.3 Å². The highest BCUT2D eigenvalue weighted by Gasteiger charge is 2.10. The largest absolute Gasteiger partial charge is 0.482 e. The van der Waals surface area contributed by atoms with Crippen LogP contribution in [-0.2, 0) is 0 Å². The molecule has 0 aliphatic rings. The number of ketones is 1. The van der Waals surface area contributed by atoms with Crippen LogP contribution in [0.2, 0.25) is 0 Å². The van der Waals surface area contributed by atoms with Gasteiger partial charge in [0.1, 0.15) is 0 Å². The predicted molar refractivity (Wildman–Crippen MR) is 72.1 cm³/mol. The summed E-state index contributed by atoms with van der Waals surface area (Å²) in [7, 11) is 0. The van der Waals surface area contributed by atoms with Crippen LogP contribution in [0.25, 0.3) is 0 Å². The summed E-state index contributed by atoms with van der Waals surface area (Å²) < 4.78 is 18.7. The molecule has 0 atom stereocenters. The Labute approximate surface area is 120 Å². The maximum absolute atomic E-state index is 13.6. The third-order valence-electron chi connectivity index (χ3n) is 2.76. The monoisotopic (exact) mass is 280 g/mol. The maximum Gasteiger partial charge on any atom is 0.200 e. The first-order chi connectivity index (χ1) is 10.1. The van der Waals surface area contributed by atoms with E-state index in [1.165, 1.54) is 36.4 Å². The average molecular weight is 280 g/mol. The molecular formula is C16H9FN2O2. The van der Waals surface area contributed by atoms with Crippen molar-refractivity contribution in [1.29, 1.82) is 10.5 Å². The van der Waals surface area contributed by atoms with Crippen molar-refractivity contribution in [2.24, 2.45) is 0 Å². The highest BCUT2D eigenvalue weighted by molar-refractivity contribution is 5.97. The fourth-order valence-corrected chi connectivity index (χ4v) is 1.64. The molecule has 0 N–H and O–H groups in total. The summed E-state index contributed by atoms with van der Waals surface area (Å²) >= 11 is 0. The SMILES string of the molecule is N#Cc1ccc(C(=O)COc2ccc(C#N)cc2F)cc1. The van der Waals surface area contributed by atoms with Crippen LogP contribution >= 0.6 is 0 Å². The van der Waals surface area contributed by atoms with E-state index in [0.29, 0.717) is 11.1 Å². The van der Waals surface area contributed by atoms with Gasteiger partial charge in [-0.2, -0.15) is 10.5 Å². The number of ether oxygens (including phenoxy) is 1. The van der Waals surface area contributed by atoms with Gasteiger partial charge < -0.3 is 4.74 Å². The minimum atomic E-state index is -0.693. The summed E-state index contributed by atoms with van der Waals surface area (Å²) in [5, 5.41) is 17.3. The highest BCUT2D eigenvalue weighted by atomic mass is 19.1. The Hall–Kier alpha value is -3.18. The predicted octanol–water partition coefficient (Wildman–Crippen LogP) is 2.83. The van der Waals surface area contributed by atoms with Crippen molar-refractivity contribution >= 4 is 5.78 Å². The molecule has 0 aromatic heterocycles. The molecular weight excluding hydrogens is 271 g/mol. The molecule has 0 bridgehead atoms. The van der Waals surface area contributed by atoms with Crippen LogP contribution in [-0.4, -0.2) is 12.4 Å². The van der Waals surface area contributed by atoms with E-state index in [2.05, 4.69) is 0 Å². The Balaban J connectivity index is 2.04. The van der Waals surface area contributed by atoms with Gasteiger partial charge in [-0.25, -0.2) is 4.39 Å². The van der Waals surface area contributed by atoms with Crippen LogP contribution in [0, 0.1) is 28.5 Å². The van der Waals surface area contributed by atoms with Crippen molar-refractivity contribution in [3.05, 3.63) is 65.0 Å². The molecule has 2 aromatic carbocycles. The van der Waals surface area contributed by atoms with Gasteiger partial charge in [-0.1, -0.05) is 0 Å². The van der Waals surface area contributed by atoms with Crippen LogP contribution < -0.4 is 4.74 Å². The number of Topliss-reactive ketones (excluding diaryl/α,β-unsaturated/α-hetero) is 1. The molecule has 4 nitrogen and oxygen atoms in total. The second-order valence-corrected chi connectivity index (χ2v) is 4.16. The Morgan fingerprint density at radius 1 is 1.05 bits per heavy atom. The summed E-state index contributed by atoms with van der Waals surface area (Å²) in [4.78, 5) is 11.9. The van der Waals surface area contributed by atoms with Gasteiger partial charge in [0, 0.05) is 5.56 Å². The number of nitrogens with zero attached hydrogens (tertiary/aromatic N) is 2. The van der Waals surface area contributed by atoms with Gasteiger partial charge in [0.2, 0.25) is 0 Å². The molecule has 0 fully saturated rings. The smallest absolute Gasteiger partial charge is 0.200 e. The second kappa shape index (κ2) is 6.31. The lowest BCUT2D eigenvalue weighted by Gasteiger charge is -2.06. The molecule has 2 rings (SSSR count). The standard InChI is InChI=1S/C16H9FN2O2/c17-14-7-12(9-19)3-6-16(14)21-10-15(20)13-4-1-11(8-18)2-5-13/h1-7H,10H2. The van der Waals surface area contributed by atoms with Gasteiger partial charge in [0.25, 0.3) is 0 Å². The van der Waals surface area contributed by atoms with Crippen LogP contribution in [0.1, 0.15) is 21.5 Å². The van der Waals surface area contributed by atoms with Crippen LogP contribution in [0.3, 0.4) is 0 Å². The van der Waals surface area contributed by atoms with Crippen LogP contribution in [0.5, 0.6) is 5.75 Å². The van der Waals surface area contributed by atoms with Crippen molar-refractivity contribution in [3.63, 3.8) is 0 Å². The van der Waals surface area contributed by atoms with Crippen LogP contribution in [0.4, 0.5) is 4.39 Å². The zero-order valence-electron chi connectivity index (χ0n) is 10.8. The van der Waals surface area contributed by atoms with E-state index in [9.17, 15) is 9.18 Å². The number of nitriles is 2. The highest BCUT2D eigenvalue weighted by Crippen LogP contribution is 2.18. The molecule has 5 heteroatoms.